The average molecular weight is 156 g/mol. The van der Waals surface area contributed by atoms with Crippen molar-refractivity contribution in [2.75, 3.05) is 13.1 Å². The lowest BCUT2D eigenvalue weighted by Gasteiger charge is -2.10. The molecule has 0 radical (unpaired) electrons. The summed E-state index contributed by atoms with van der Waals surface area (Å²) in [6.07, 6.45) is 6.47. The minimum atomic E-state index is 0.517. The van der Waals surface area contributed by atoms with Gasteiger partial charge in [0.1, 0.15) is 0 Å². The zero-order valence-electron chi connectivity index (χ0n) is 7.53. The first-order valence-electron chi connectivity index (χ1n) is 4.72. The van der Waals surface area contributed by atoms with Crippen molar-refractivity contribution in [3.8, 4) is 0 Å². The summed E-state index contributed by atoms with van der Waals surface area (Å²) < 4.78 is 0. The summed E-state index contributed by atoms with van der Waals surface area (Å²) in [7, 11) is 0. The first kappa shape index (κ1) is 9.01. The van der Waals surface area contributed by atoms with Gasteiger partial charge in [-0.25, -0.2) is 0 Å². The third-order valence-corrected chi connectivity index (χ3v) is 2.43. The Kier molecular flexibility index (Phi) is 3.34. The van der Waals surface area contributed by atoms with Crippen LogP contribution in [0.1, 0.15) is 39.0 Å². The summed E-state index contributed by atoms with van der Waals surface area (Å²) >= 11 is 0. The van der Waals surface area contributed by atoms with Gasteiger partial charge in [-0.1, -0.05) is 6.42 Å². The fraction of sp³-hybridized carbons (Fsp3) is 1.00. The van der Waals surface area contributed by atoms with E-state index in [-0.39, 0.29) is 0 Å². The van der Waals surface area contributed by atoms with Gasteiger partial charge in [-0.15, -0.1) is 0 Å². The molecular formula is C9H20N2. The van der Waals surface area contributed by atoms with Gasteiger partial charge in [0.15, 0.2) is 0 Å². The molecule has 0 aliphatic heterocycles. The van der Waals surface area contributed by atoms with Gasteiger partial charge in [-0.3, -0.25) is 0 Å². The third kappa shape index (κ3) is 3.73. The van der Waals surface area contributed by atoms with E-state index >= 15 is 0 Å². The van der Waals surface area contributed by atoms with Crippen molar-refractivity contribution in [3.63, 3.8) is 0 Å². The van der Waals surface area contributed by atoms with Crippen molar-refractivity contribution in [3.05, 3.63) is 0 Å². The van der Waals surface area contributed by atoms with E-state index in [4.69, 9.17) is 5.73 Å². The highest BCUT2D eigenvalue weighted by molar-refractivity contribution is 4.97. The standard InChI is InChI=1S/C9H20N2/c1-9(5-6-9)11-8-4-2-3-7-10/h11H,2-8,10H2,1H3. The highest BCUT2D eigenvalue weighted by Crippen LogP contribution is 2.33. The number of nitrogens with two attached hydrogens (primary N) is 1. The Morgan fingerprint density at radius 3 is 2.55 bits per heavy atom. The summed E-state index contributed by atoms with van der Waals surface area (Å²) in [6, 6.07) is 0. The Balaban J connectivity index is 1.81. The molecule has 0 bridgehead atoms. The molecule has 1 fully saturated rings. The summed E-state index contributed by atoms with van der Waals surface area (Å²) in [5.74, 6) is 0. The predicted octanol–water partition coefficient (Wildman–Crippen LogP) is 1.26. The molecule has 1 rings (SSSR count). The van der Waals surface area contributed by atoms with Gasteiger partial charge >= 0.3 is 0 Å². The van der Waals surface area contributed by atoms with E-state index < -0.39 is 0 Å². The van der Waals surface area contributed by atoms with Gasteiger partial charge in [-0.05, 0) is 45.7 Å². The van der Waals surface area contributed by atoms with Crippen LogP contribution in [0, 0.1) is 0 Å². The van der Waals surface area contributed by atoms with Crippen molar-refractivity contribution < 1.29 is 0 Å². The average Bonchev–Trinajstić information content (AvgIpc) is 2.69. The maximum Gasteiger partial charge on any atom is 0.0154 e. The lowest BCUT2D eigenvalue weighted by molar-refractivity contribution is 0.513. The van der Waals surface area contributed by atoms with Crippen molar-refractivity contribution in [1.29, 1.82) is 0 Å². The topological polar surface area (TPSA) is 38.0 Å². The molecule has 2 heteroatoms. The summed E-state index contributed by atoms with van der Waals surface area (Å²) in [5.41, 5.74) is 5.91. The molecule has 3 N–H and O–H groups in total. The Hall–Kier alpha value is -0.0800. The maximum atomic E-state index is 5.39. The number of unbranched alkanes of at least 4 members (excludes halogenated alkanes) is 2. The van der Waals surface area contributed by atoms with E-state index in [1.165, 1.54) is 38.6 Å². The van der Waals surface area contributed by atoms with Crippen molar-refractivity contribution in [2.24, 2.45) is 5.73 Å². The third-order valence-electron chi connectivity index (χ3n) is 2.43. The lowest BCUT2D eigenvalue weighted by Crippen LogP contribution is -2.28. The van der Waals surface area contributed by atoms with Crippen LogP contribution in [0.4, 0.5) is 0 Å². The van der Waals surface area contributed by atoms with Crippen LogP contribution < -0.4 is 11.1 Å². The molecular weight excluding hydrogens is 136 g/mol. The second-order valence-corrected chi connectivity index (χ2v) is 3.84. The van der Waals surface area contributed by atoms with Crippen LogP contribution in [0.5, 0.6) is 0 Å². The fourth-order valence-electron chi connectivity index (χ4n) is 1.20. The van der Waals surface area contributed by atoms with Crippen molar-refractivity contribution in [2.45, 2.75) is 44.6 Å². The van der Waals surface area contributed by atoms with Gasteiger partial charge < -0.3 is 11.1 Å². The van der Waals surface area contributed by atoms with E-state index in [1.54, 1.807) is 0 Å². The number of hydrogen-bond donors (Lipinski definition) is 2. The molecule has 0 unspecified atom stereocenters. The Labute approximate surface area is 69.5 Å². The highest BCUT2D eigenvalue weighted by atomic mass is 15.0. The van der Waals surface area contributed by atoms with E-state index in [0.29, 0.717) is 5.54 Å². The number of rotatable bonds is 6. The van der Waals surface area contributed by atoms with E-state index in [9.17, 15) is 0 Å². The molecule has 0 heterocycles. The summed E-state index contributed by atoms with van der Waals surface area (Å²) in [5, 5.41) is 3.55. The van der Waals surface area contributed by atoms with Gasteiger partial charge in [0.2, 0.25) is 0 Å². The Morgan fingerprint density at radius 1 is 1.27 bits per heavy atom. The monoisotopic (exact) mass is 156 g/mol. The van der Waals surface area contributed by atoms with Crippen LogP contribution in [0.15, 0.2) is 0 Å². The smallest absolute Gasteiger partial charge is 0.0154 e. The van der Waals surface area contributed by atoms with Crippen molar-refractivity contribution in [1.82, 2.24) is 5.32 Å². The summed E-state index contributed by atoms with van der Waals surface area (Å²) in [4.78, 5) is 0. The zero-order valence-corrected chi connectivity index (χ0v) is 7.53. The molecule has 2 nitrogen and oxygen atoms in total. The number of nitrogens with one attached hydrogen (secondary N) is 1. The van der Waals surface area contributed by atoms with Gasteiger partial charge in [0, 0.05) is 5.54 Å². The minimum absolute atomic E-state index is 0.517. The second kappa shape index (κ2) is 4.07. The Bertz CT molecular complexity index is 108. The minimum Gasteiger partial charge on any atom is -0.330 e. The predicted molar refractivity (Wildman–Crippen MR) is 48.5 cm³/mol. The molecule has 1 saturated carbocycles. The highest BCUT2D eigenvalue weighted by Gasteiger charge is 2.35. The quantitative estimate of drug-likeness (QED) is 0.568. The maximum absolute atomic E-state index is 5.39. The molecule has 0 atom stereocenters. The molecule has 0 amide bonds. The first-order chi connectivity index (χ1) is 5.27. The molecule has 1 aliphatic rings. The largest absolute Gasteiger partial charge is 0.330 e. The first-order valence-corrected chi connectivity index (χ1v) is 4.72. The van der Waals surface area contributed by atoms with Crippen LogP contribution in [-0.4, -0.2) is 18.6 Å². The van der Waals surface area contributed by atoms with Gasteiger partial charge in [0.25, 0.3) is 0 Å². The molecule has 0 aromatic heterocycles. The normalized spacial score (nSPS) is 20.2. The van der Waals surface area contributed by atoms with Gasteiger partial charge in [0.05, 0.1) is 0 Å². The number of hydrogen-bond acceptors (Lipinski definition) is 2. The lowest BCUT2D eigenvalue weighted by atomic mass is 10.2. The molecule has 1 aliphatic carbocycles. The SMILES string of the molecule is CC1(NCCCCCN)CC1. The molecule has 0 aromatic rings. The van der Waals surface area contributed by atoms with E-state index in [1.807, 2.05) is 0 Å². The van der Waals surface area contributed by atoms with Crippen LogP contribution in [0.3, 0.4) is 0 Å². The fourth-order valence-corrected chi connectivity index (χ4v) is 1.20. The van der Waals surface area contributed by atoms with Crippen LogP contribution in [-0.2, 0) is 0 Å². The Morgan fingerprint density at radius 2 is 2.00 bits per heavy atom. The molecule has 0 saturated heterocycles. The van der Waals surface area contributed by atoms with E-state index in [2.05, 4.69) is 12.2 Å². The second-order valence-electron chi connectivity index (χ2n) is 3.84. The zero-order chi connectivity index (χ0) is 8.16. The van der Waals surface area contributed by atoms with Crippen LogP contribution in [0.25, 0.3) is 0 Å². The van der Waals surface area contributed by atoms with Gasteiger partial charge in [-0.2, -0.15) is 0 Å². The molecule has 11 heavy (non-hydrogen) atoms. The molecule has 0 spiro atoms. The summed E-state index contributed by atoms with van der Waals surface area (Å²) in [6.45, 7) is 4.32. The molecule has 0 aromatic carbocycles. The van der Waals surface area contributed by atoms with Crippen molar-refractivity contribution >= 4 is 0 Å². The van der Waals surface area contributed by atoms with Crippen LogP contribution in [0.2, 0.25) is 0 Å². The van der Waals surface area contributed by atoms with Crippen LogP contribution >= 0.6 is 0 Å². The molecule has 66 valence electrons. The van der Waals surface area contributed by atoms with E-state index in [0.717, 1.165) is 6.54 Å².